The summed E-state index contributed by atoms with van der Waals surface area (Å²) in [6, 6.07) is -1.12. The van der Waals surface area contributed by atoms with Crippen LogP contribution in [-0.2, 0) is 4.79 Å². The van der Waals surface area contributed by atoms with Crippen molar-refractivity contribution in [2.45, 2.75) is 45.6 Å². The summed E-state index contributed by atoms with van der Waals surface area (Å²) in [4.78, 5) is 61.1. The summed E-state index contributed by atoms with van der Waals surface area (Å²) in [5.74, 6) is -1.01. The van der Waals surface area contributed by atoms with Crippen LogP contribution in [0.5, 0.6) is 0 Å². The average Bonchev–Trinajstić information content (AvgIpc) is 2.65. The number of aromatic nitrogens is 2. The molecule has 13 nitrogen and oxygen atoms in total. The molecule has 1 aliphatic rings. The third-order valence-electron chi connectivity index (χ3n) is 4.17. The molecule has 6 N–H and O–H groups in total. The number of carbonyl (C=O) groups excluding carboxylic acids is 2. The number of aliphatic carboxylic acids is 1. The molecule has 1 aliphatic heterocycles. The summed E-state index contributed by atoms with van der Waals surface area (Å²) >= 11 is 0. The Morgan fingerprint density at radius 2 is 1.97 bits per heavy atom. The Labute approximate surface area is 177 Å². The smallest absolute Gasteiger partial charge is 0.326 e. The lowest BCUT2D eigenvalue weighted by Gasteiger charge is -2.15. The predicted octanol–water partition coefficient (Wildman–Crippen LogP) is 0.343. The number of H-pyrrole nitrogens is 1. The lowest BCUT2D eigenvalue weighted by Crippen LogP contribution is -2.43. The lowest BCUT2D eigenvalue weighted by atomic mass is 10.1. The second-order valence-corrected chi connectivity index (χ2v) is 6.90. The van der Waals surface area contributed by atoms with Gasteiger partial charge in [-0.2, -0.15) is 0 Å². The number of hydrogen-bond acceptors (Lipinski definition) is 7. The number of urea groups is 2. The fraction of sp³-hybridized carbons (Fsp3) is 0.500. The van der Waals surface area contributed by atoms with Crippen LogP contribution >= 0.6 is 0 Å². The van der Waals surface area contributed by atoms with E-state index in [-0.39, 0.29) is 18.3 Å². The number of guanidine groups is 1. The van der Waals surface area contributed by atoms with Crippen LogP contribution in [-0.4, -0.2) is 63.9 Å². The minimum Gasteiger partial charge on any atom is -0.480 e. The van der Waals surface area contributed by atoms with E-state index in [9.17, 15) is 24.3 Å². The molecule has 0 saturated carbocycles. The Kier molecular flexibility index (Phi) is 8.66. The molecule has 0 aromatic carbocycles. The van der Waals surface area contributed by atoms with Crippen LogP contribution in [0.4, 0.5) is 15.5 Å². The summed E-state index contributed by atoms with van der Waals surface area (Å²) in [5.41, 5.74) is 0.862. The standard InChI is InChI=1S/C18H26N8O5/c1-10-6-8-19-15(21-10)25-17(30)20-7-4-3-5-12(14(28)29)23-18(31)26-16-22-11(2)9-13(27)24-16/h9,12H,3-8H2,1-2H3,(H,28,29)(H2,19,20,25,30)(H3,22,23,24,26,27,31). The number of nitrogens with zero attached hydrogens (tertiary/aromatic N) is 3. The van der Waals surface area contributed by atoms with E-state index in [4.69, 9.17) is 0 Å². The lowest BCUT2D eigenvalue weighted by molar-refractivity contribution is -0.139. The third kappa shape index (κ3) is 8.64. The van der Waals surface area contributed by atoms with Crippen molar-refractivity contribution in [1.82, 2.24) is 25.9 Å². The van der Waals surface area contributed by atoms with Crippen LogP contribution in [0.25, 0.3) is 0 Å². The Morgan fingerprint density at radius 1 is 1.19 bits per heavy atom. The van der Waals surface area contributed by atoms with Crippen molar-refractivity contribution in [1.29, 1.82) is 0 Å². The van der Waals surface area contributed by atoms with Gasteiger partial charge in [-0.25, -0.2) is 24.4 Å². The molecular weight excluding hydrogens is 408 g/mol. The number of unbranched alkanes of at least 4 members (excludes halogenated alkanes) is 1. The number of rotatable bonds is 8. The summed E-state index contributed by atoms with van der Waals surface area (Å²) in [5, 5.41) is 19.1. The molecule has 0 fully saturated rings. The van der Waals surface area contributed by atoms with Crippen LogP contribution < -0.4 is 26.8 Å². The maximum absolute atomic E-state index is 12.0. The first-order valence-electron chi connectivity index (χ1n) is 9.74. The highest BCUT2D eigenvalue weighted by atomic mass is 16.4. The van der Waals surface area contributed by atoms with Gasteiger partial charge in [0.2, 0.25) is 11.9 Å². The molecule has 31 heavy (non-hydrogen) atoms. The molecule has 13 heteroatoms. The molecule has 2 heterocycles. The highest BCUT2D eigenvalue weighted by molar-refractivity contribution is 6.04. The van der Waals surface area contributed by atoms with Crippen LogP contribution in [0.1, 0.15) is 38.3 Å². The Morgan fingerprint density at radius 3 is 2.65 bits per heavy atom. The third-order valence-corrected chi connectivity index (χ3v) is 4.17. The van der Waals surface area contributed by atoms with Gasteiger partial charge in [0, 0.05) is 37.0 Å². The topological polar surface area (TPSA) is 190 Å². The van der Waals surface area contributed by atoms with Crippen molar-refractivity contribution < 1.29 is 19.5 Å². The van der Waals surface area contributed by atoms with E-state index < -0.39 is 29.6 Å². The van der Waals surface area contributed by atoms with E-state index in [0.717, 1.165) is 12.1 Å². The second kappa shape index (κ2) is 11.4. The second-order valence-electron chi connectivity index (χ2n) is 6.90. The van der Waals surface area contributed by atoms with Gasteiger partial charge in [0.1, 0.15) is 6.04 Å². The average molecular weight is 434 g/mol. The van der Waals surface area contributed by atoms with E-state index in [0.29, 0.717) is 31.6 Å². The number of aryl methyl sites for hydroxylation is 1. The molecule has 2 rings (SSSR count). The number of carbonyl (C=O) groups is 3. The fourth-order valence-electron chi connectivity index (χ4n) is 2.68. The maximum atomic E-state index is 12.0. The summed E-state index contributed by atoms with van der Waals surface area (Å²) in [6.45, 7) is 4.34. The number of hydrogen-bond donors (Lipinski definition) is 6. The van der Waals surface area contributed by atoms with Crippen LogP contribution in [0.15, 0.2) is 20.8 Å². The van der Waals surface area contributed by atoms with Gasteiger partial charge >= 0.3 is 18.0 Å². The monoisotopic (exact) mass is 434 g/mol. The van der Waals surface area contributed by atoms with Crippen molar-refractivity contribution in [3.8, 4) is 0 Å². The number of aromatic amines is 1. The molecule has 0 spiro atoms. The first-order chi connectivity index (χ1) is 14.7. The molecule has 0 saturated heterocycles. The Bertz CT molecular complexity index is 939. The zero-order chi connectivity index (χ0) is 22.8. The number of carboxylic acid groups (broad SMARTS) is 1. The number of anilines is 1. The van der Waals surface area contributed by atoms with Crippen molar-refractivity contribution in [2.24, 2.45) is 9.98 Å². The van der Waals surface area contributed by atoms with Crippen LogP contribution in [0.2, 0.25) is 0 Å². The largest absolute Gasteiger partial charge is 0.480 e. The minimum absolute atomic E-state index is 0.0797. The van der Waals surface area contributed by atoms with Gasteiger partial charge in [-0.15, -0.1) is 0 Å². The minimum atomic E-state index is -1.20. The van der Waals surface area contributed by atoms with Crippen molar-refractivity contribution in [3.63, 3.8) is 0 Å². The van der Waals surface area contributed by atoms with Crippen molar-refractivity contribution in [2.75, 3.05) is 18.4 Å². The molecule has 1 unspecified atom stereocenters. The molecule has 4 amide bonds. The van der Waals surface area contributed by atoms with Gasteiger partial charge in [-0.1, -0.05) is 0 Å². The highest BCUT2D eigenvalue weighted by Gasteiger charge is 2.20. The number of aliphatic imine (C=N–C) groups is 2. The van der Waals surface area contributed by atoms with Gasteiger partial charge in [-0.3, -0.25) is 25.4 Å². The number of amides is 4. The molecule has 1 aromatic heterocycles. The highest BCUT2D eigenvalue weighted by Crippen LogP contribution is 2.03. The van der Waals surface area contributed by atoms with E-state index in [1.54, 1.807) is 6.92 Å². The Hall–Kier alpha value is -3.77. The molecular formula is C18H26N8O5. The number of carboxylic acids is 1. The summed E-state index contributed by atoms with van der Waals surface area (Å²) in [6.07, 6.45) is 1.86. The van der Waals surface area contributed by atoms with E-state index in [2.05, 4.69) is 41.2 Å². The first-order valence-corrected chi connectivity index (χ1v) is 9.74. The SMILES string of the molecule is CC1=NC(NC(=O)NCCCCC(NC(=O)Nc2nc(C)cc(=O)[nH]2)C(=O)O)=NCC1. The van der Waals surface area contributed by atoms with E-state index >= 15 is 0 Å². The molecule has 0 aliphatic carbocycles. The van der Waals surface area contributed by atoms with Gasteiger partial charge in [0.05, 0.1) is 0 Å². The van der Waals surface area contributed by atoms with Gasteiger partial charge in [0.25, 0.3) is 5.56 Å². The Balaban J connectivity index is 1.70. The normalized spacial score (nSPS) is 14.0. The zero-order valence-electron chi connectivity index (χ0n) is 17.3. The van der Waals surface area contributed by atoms with Gasteiger partial charge in [-0.05, 0) is 33.1 Å². The molecule has 0 radical (unpaired) electrons. The zero-order valence-corrected chi connectivity index (χ0v) is 17.3. The fourth-order valence-corrected chi connectivity index (χ4v) is 2.68. The summed E-state index contributed by atoms with van der Waals surface area (Å²) in [7, 11) is 0. The van der Waals surface area contributed by atoms with Gasteiger partial charge in [0.15, 0.2) is 0 Å². The molecule has 1 aromatic rings. The predicted molar refractivity (Wildman–Crippen MR) is 114 cm³/mol. The van der Waals surface area contributed by atoms with E-state index in [1.165, 1.54) is 6.07 Å². The first kappa shape index (κ1) is 23.5. The van der Waals surface area contributed by atoms with Gasteiger partial charge < -0.3 is 15.7 Å². The molecule has 168 valence electrons. The van der Waals surface area contributed by atoms with Crippen LogP contribution in [0, 0.1) is 6.92 Å². The number of nitrogens with one attached hydrogen (secondary N) is 5. The molecule has 1 atom stereocenters. The maximum Gasteiger partial charge on any atom is 0.326 e. The molecule has 0 bridgehead atoms. The van der Waals surface area contributed by atoms with Crippen LogP contribution in [0.3, 0.4) is 0 Å². The summed E-state index contributed by atoms with van der Waals surface area (Å²) < 4.78 is 0. The van der Waals surface area contributed by atoms with E-state index in [1.807, 2.05) is 6.92 Å². The van der Waals surface area contributed by atoms with Crippen molar-refractivity contribution in [3.05, 3.63) is 22.1 Å². The van der Waals surface area contributed by atoms with Crippen molar-refractivity contribution >= 4 is 35.7 Å². The quantitative estimate of drug-likeness (QED) is 0.320.